The number of anilines is 1. The van der Waals surface area contributed by atoms with Gasteiger partial charge in [0.05, 0.1) is 21.9 Å². The van der Waals surface area contributed by atoms with Crippen molar-refractivity contribution in [1.82, 2.24) is 10.1 Å². The van der Waals surface area contributed by atoms with Crippen molar-refractivity contribution in [3.05, 3.63) is 51.4 Å². The topological polar surface area (TPSA) is 102 Å². The van der Waals surface area contributed by atoms with Crippen molar-refractivity contribution in [3.8, 4) is 0 Å². The van der Waals surface area contributed by atoms with E-state index in [1.807, 2.05) is 24.9 Å². The molecule has 0 saturated heterocycles. The quantitative estimate of drug-likeness (QED) is 0.618. The number of carbonyl (C=O) groups excluding carboxylic acids is 1. The molecule has 0 aliphatic heterocycles. The molecule has 1 aromatic carbocycles. The van der Waals surface area contributed by atoms with Gasteiger partial charge in [0.25, 0.3) is 5.69 Å². The number of nitro benzene ring substituents is 1. The molecule has 0 atom stereocenters. The molecule has 1 heterocycles. The van der Waals surface area contributed by atoms with E-state index < -0.39 is 4.92 Å². The van der Waals surface area contributed by atoms with Gasteiger partial charge in [-0.05, 0) is 27.0 Å². The molecule has 0 fully saturated rings. The normalized spacial score (nSPS) is 10.8. The Labute approximate surface area is 139 Å². The van der Waals surface area contributed by atoms with Crippen molar-refractivity contribution in [2.45, 2.75) is 26.8 Å². The summed E-state index contributed by atoms with van der Waals surface area (Å²) in [7, 11) is 1.88. The number of carbonyl (C=O) groups is 1. The van der Waals surface area contributed by atoms with E-state index in [4.69, 9.17) is 4.52 Å². The van der Waals surface area contributed by atoms with E-state index in [9.17, 15) is 14.9 Å². The van der Waals surface area contributed by atoms with Crippen LogP contribution in [-0.4, -0.2) is 34.5 Å². The van der Waals surface area contributed by atoms with E-state index in [0.29, 0.717) is 24.3 Å². The second-order valence-corrected chi connectivity index (χ2v) is 5.67. The van der Waals surface area contributed by atoms with Gasteiger partial charge in [-0.1, -0.05) is 11.2 Å². The van der Waals surface area contributed by atoms with Crippen molar-refractivity contribution in [3.63, 3.8) is 0 Å². The van der Waals surface area contributed by atoms with Crippen LogP contribution < -0.4 is 5.32 Å². The lowest BCUT2D eigenvalue weighted by atomic mass is 10.1. The number of nitro groups is 1. The van der Waals surface area contributed by atoms with Crippen molar-refractivity contribution in [1.29, 1.82) is 0 Å². The van der Waals surface area contributed by atoms with Crippen molar-refractivity contribution in [2.24, 2.45) is 0 Å². The van der Waals surface area contributed by atoms with Crippen LogP contribution in [0, 0.1) is 24.0 Å². The molecule has 0 aliphatic carbocycles. The lowest BCUT2D eigenvalue weighted by molar-refractivity contribution is -0.385. The Bertz CT molecular complexity index is 741. The summed E-state index contributed by atoms with van der Waals surface area (Å²) in [4.78, 5) is 24.5. The van der Waals surface area contributed by atoms with Gasteiger partial charge in [0.15, 0.2) is 0 Å². The SMILES string of the molecule is Cc1cc(CN(C)CCC(=O)Nc2cccc([N+](=O)[O-])c2C)no1. The Balaban J connectivity index is 1.87. The molecule has 1 N–H and O–H groups in total. The molecule has 0 saturated carbocycles. The maximum Gasteiger partial charge on any atom is 0.274 e. The van der Waals surface area contributed by atoms with Gasteiger partial charge in [-0.3, -0.25) is 19.8 Å². The largest absolute Gasteiger partial charge is 0.361 e. The monoisotopic (exact) mass is 332 g/mol. The molecule has 0 bridgehead atoms. The number of nitrogens with zero attached hydrogens (tertiary/aromatic N) is 3. The first-order valence-corrected chi connectivity index (χ1v) is 7.51. The minimum atomic E-state index is -0.460. The second kappa shape index (κ2) is 7.69. The number of hydrogen-bond acceptors (Lipinski definition) is 6. The molecule has 1 aromatic heterocycles. The maximum atomic E-state index is 12.1. The highest BCUT2D eigenvalue weighted by molar-refractivity contribution is 5.92. The molecule has 0 spiro atoms. The second-order valence-electron chi connectivity index (χ2n) is 5.67. The van der Waals surface area contributed by atoms with Crippen LogP contribution >= 0.6 is 0 Å². The van der Waals surface area contributed by atoms with Crippen molar-refractivity contribution in [2.75, 3.05) is 18.9 Å². The first kappa shape index (κ1) is 17.6. The number of aryl methyl sites for hydroxylation is 1. The molecule has 0 radical (unpaired) electrons. The lowest BCUT2D eigenvalue weighted by Gasteiger charge is -2.15. The zero-order valence-electron chi connectivity index (χ0n) is 13.9. The molecule has 0 unspecified atom stereocenters. The highest BCUT2D eigenvalue weighted by atomic mass is 16.6. The lowest BCUT2D eigenvalue weighted by Crippen LogP contribution is -2.24. The fourth-order valence-corrected chi connectivity index (χ4v) is 2.31. The van der Waals surface area contributed by atoms with Crippen LogP contribution in [0.4, 0.5) is 11.4 Å². The zero-order valence-corrected chi connectivity index (χ0v) is 13.9. The maximum absolute atomic E-state index is 12.1. The van der Waals surface area contributed by atoms with Crippen LogP contribution in [0.3, 0.4) is 0 Å². The van der Waals surface area contributed by atoms with Gasteiger partial charge in [0.1, 0.15) is 5.76 Å². The van der Waals surface area contributed by atoms with Gasteiger partial charge in [0.2, 0.25) is 5.91 Å². The Morgan fingerprint density at radius 2 is 2.17 bits per heavy atom. The van der Waals surface area contributed by atoms with Crippen LogP contribution in [0.25, 0.3) is 0 Å². The molecule has 8 heteroatoms. The first-order valence-electron chi connectivity index (χ1n) is 7.51. The van der Waals surface area contributed by atoms with E-state index in [1.54, 1.807) is 19.1 Å². The van der Waals surface area contributed by atoms with Crippen molar-refractivity contribution >= 4 is 17.3 Å². The van der Waals surface area contributed by atoms with Gasteiger partial charge in [-0.25, -0.2) is 0 Å². The Hall–Kier alpha value is -2.74. The fourth-order valence-electron chi connectivity index (χ4n) is 2.31. The predicted octanol–water partition coefficient (Wildman–Crippen LogP) is 2.66. The van der Waals surface area contributed by atoms with Gasteiger partial charge in [-0.2, -0.15) is 0 Å². The average Bonchev–Trinajstić information content (AvgIpc) is 2.92. The number of amides is 1. The van der Waals surface area contributed by atoms with Gasteiger partial charge < -0.3 is 9.84 Å². The first-order chi connectivity index (χ1) is 11.4. The molecule has 24 heavy (non-hydrogen) atoms. The summed E-state index contributed by atoms with van der Waals surface area (Å²) in [5, 5.41) is 17.6. The highest BCUT2D eigenvalue weighted by Crippen LogP contribution is 2.25. The van der Waals surface area contributed by atoms with Gasteiger partial charge in [-0.15, -0.1) is 0 Å². The Morgan fingerprint density at radius 3 is 2.79 bits per heavy atom. The summed E-state index contributed by atoms with van der Waals surface area (Å²) in [6, 6.07) is 6.48. The standard InChI is InChI=1S/C16H20N4O4/c1-11-9-13(18-24-11)10-19(3)8-7-16(21)17-14-5-4-6-15(12(14)2)20(22)23/h4-6,9H,7-8,10H2,1-3H3,(H,17,21). The Kier molecular flexibility index (Phi) is 5.64. The van der Waals surface area contributed by atoms with E-state index in [2.05, 4.69) is 10.5 Å². The fraction of sp³-hybridized carbons (Fsp3) is 0.375. The van der Waals surface area contributed by atoms with Crippen molar-refractivity contribution < 1.29 is 14.2 Å². The molecular formula is C16H20N4O4. The van der Waals surface area contributed by atoms with E-state index in [0.717, 1.165) is 11.5 Å². The minimum absolute atomic E-state index is 0.00804. The van der Waals surface area contributed by atoms with Crippen LogP contribution in [0.1, 0.15) is 23.4 Å². The van der Waals surface area contributed by atoms with Crippen LogP contribution in [-0.2, 0) is 11.3 Å². The third kappa shape index (κ3) is 4.63. The van der Waals surface area contributed by atoms with E-state index in [-0.39, 0.29) is 18.0 Å². The van der Waals surface area contributed by atoms with Crippen LogP contribution in [0.5, 0.6) is 0 Å². The summed E-state index contributed by atoms with van der Waals surface area (Å²) in [6.45, 7) is 4.56. The molecular weight excluding hydrogens is 312 g/mol. The smallest absolute Gasteiger partial charge is 0.274 e. The summed E-state index contributed by atoms with van der Waals surface area (Å²) in [6.07, 6.45) is 0.273. The van der Waals surface area contributed by atoms with Gasteiger partial charge in [0, 0.05) is 31.6 Å². The van der Waals surface area contributed by atoms with Crippen LogP contribution in [0.15, 0.2) is 28.8 Å². The third-order valence-corrected chi connectivity index (χ3v) is 3.61. The average molecular weight is 332 g/mol. The molecule has 1 amide bonds. The van der Waals surface area contributed by atoms with Gasteiger partial charge >= 0.3 is 0 Å². The van der Waals surface area contributed by atoms with E-state index >= 15 is 0 Å². The molecule has 2 rings (SSSR count). The number of rotatable bonds is 7. The highest BCUT2D eigenvalue weighted by Gasteiger charge is 2.15. The number of hydrogen-bond donors (Lipinski definition) is 1. The summed E-state index contributed by atoms with van der Waals surface area (Å²) < 4.78 is 5.00. The number of aromatic nitrogens is 1. The molecule has 2 aromatic rings. The minimum Gasteiger partial charge on any atom is -0.361 e. The number of benzene rings is 1. The Morgan fingerprint density at radius 1 is 1.42 bits per heavy atom. The molecule has 0 aliphatic rings. The van der Waals surface area contributed by atoms with Crippen LogP contribution in [0.2, 0.25) is 0 Å². The number of nitrogens with one attached hydrogen (secondary N) is 1. The molecule has 8 nitrogen and oxygen atoms in total. The zero-order chi connectivity index (χ0) is 17.7. The summed E-state index contributed by atoms with van der Waals surface area (Å²) in [5.41, 5.74) is 1.71. The predicted molar refractivity (Wildman–Crippen MR) is 88.7 cm³/mol. The third-order valence-electron chi connectivity index (χ3n) is 3.61. The summed E-state index contributed by atoms with van der Waals surface area (Å²) >= 11 is 0. The molecule has 128 valence electrons. The van der Waals surface area contributed by atoms with E-state index in [1.165, 1.54) is 6.07 Å². The summed E-state index contributed by atoms with van der Waals surface area (Å²) in [5.74, 6) is 0.555.